The Kier molecular flexibility index (Phi) is 3.13. The molecule has 0 aliphatic carbocycles. The van der Waals surface area contributed by atoms with E-state index in [9.17, 15) is 5.11 Å². The van der Waals surface area contributed by atoms with Crippen LogP contribution in [-0.4, -0.2) is 39.0 Å². The molecular formula is C10H16BrN3O. The van der Waals surface area contributed by atoms with E-state index < -0.39 is 0 Å². The van der Waals surface area contributed by atoms with Crippen LogP contribution in [0, 0.1) is 6.92 Å². The molecule has 84 valence electrons. The van der Waals surface area contributed by atoms with Gasteiger partial charge in [-0.3, -0.25) is 9.58 Å². The number of likely N-dealkylation sites (tertiary alicyclic amines) is 1. The lowest BCUT2D eigenvalue weighted by Gasteiger charge is -2.35. The Labute approximate surface area is 98.0 Å². The van der Waals surface area contributed by atoms with Crippen molar-refractivity contribution in [3.63, 3.8) is 0 Å². The van der Waals surface area contributed by atoms with E-state index in [0.29, 0.717) is 0 Å². The second-order valence-electron chi connectivity index (χ2n) is 4.01. The molecule has 1 saturated heterocycles. The Bertz CT molecular complexity index is 358. The predicted molar refractivity (Wildman–Crippen MR) is 61.6 cm³/mol. The normalized spacial score (nSPS) is 18.1. The number of aromatic nitrogens is 2. The number of aryl methyl sites for hydroxylation is 2. The molecule has 0 radical (unpaired) electrons. The molecule has 0 saturated carbocycles. The summed E-state index contributed by atoms with van der Waals surface area (Å²) in [6.07, 6.45) is -0.136. The first kappa shape index (κ1) is 11.1. The summed E-state index contributed by atoms with van der Waals surface area (Å²) in [7, 11) is 0. The van der Waals surface area contributed by atoms with Crippen LogP contribution in [-0.2, 0) is 13.1 Å². The van der Waals surface area contributed by atoms with Gasteiger partial charge in [-0.15, -0.1) is 0 Å². The maximum absolute atomic E-state index is 9.22. The summed E-state index contributed by atoms with van der Waals surface area (Å²) in [5.41, 5.74) is 2.25. The van der Waals surface area contributed by atoms with E-state index in [1.54, 1.807) is 0 Å². The summed E-state index contributed by atoms with van der Waals surface area (Å²) in [5, 5.41) is 13.7. The topological polar surface area (TPSA) is 41.3 Å². The van der Waals surface area contributed by atoms with Gasteiger partial charge in [-0.25, -0.2) is 0 Å². The zero-order valence-electron chi connectivity index (χ0n) is 9.07. The third kappa shape index (κ3) is 2.09. The number of hydrogen-bond acceptors (Lipinski definition) is 3. The molecule has 1 aliphatic rings. The quantitative estimate of drug-likeness (QED) is 0.899. The molecule has 15 heavy (non-hydrogen) atoms. The van der Waals surface area contributed by atoms with Crippen molar-refractivity contribution in [2.75, 3.05) is 13.1 Å². The Morgan fingerprint density at radius 3 is 2.73 bits per heavy atom. The van der Waals surface area contributed by atoms with E-state index in [0.717, 1.165) is 36.3 Å². The number of rotatable bonds is 3. The Morgan fingerprint density at radius 2 is 2.20 bits per heavy atom. The van der Waals surface area contributed by atoms with Crippen LogP contribution < -0.4 is 0 Å². The number of hydrogen-bond donors (Lipinski definition) is 1. The highest BCUT2D eigenvalue weighted by Gasteiger charge is 2.26. The number of aliphatic hydroxyl groups excluding tert-OH is 1. The first-order valence-corrected chi connectivity index (χ1v) is 6.03. The summed E-state index contributed by atoms with van der Waals surface area (Å²) in [4.78, 5) is 2.22. The third-order valence-electron chi connectivity index (χ3n) is 2.76. The van der Waals surface area contributed by atoms with Crippen LogP contribution in [0.25, 0.3) is 0 Å². The number of aliphatic hydroxyl groups is 1. The molecule has 1 aromatic rings. The SMILES string of the molecule is CCn1nc(C)c(Br)c1CN1CC(O)C1. The minimum Gasteiger partial charge on any atom is -0.390 e. The molecule has 4 nitrogen and oxygen atoms in total. The molecule has 1 aromatic heterocycles. The van der Waals surface area contributed by atoms with Gasteiger partial charge in [0.2, 0.25) is 0 Å². The van der Waals surface area contributed by atoms with Gasteiger partial charge in [0.15, 0.2) is 0 Å². The summed E-state index contributed by atoms with van der Waals surface area (Å²) < 4.78 is 3.12. The molecule has 0 spiro atoms. The lowest BCUT2D eigenvalue weighted by molar-refractivity contribution is -0.00437. The summed E-state index contributed by atoms with van der Waals surface area (Å²) >= 11 is 3.57. The molecule has 5 heteroatoms. The van der Waals surface area contributed by atoms with Gasteiger partial charge < -0.3 is 5.11 Å². The van der Waals surface area contributed by atoms with Crippen molar-refractivity contribution >= 4 is 15.9 Å². The minimum absolute atomic E-state index is 0.136. The van der Waals surface area contributed by atoms with Crippen LogP contribution in [0.15, 0.2) is 4.47 Å². The van der Waals surface area contributed by atoms with Crippen LogP contribution in [0.5, 0.6) is 0 Å². The fourth-order valence-electron chi connectivity index (χ4n) is 1.90. The smallest absolute Gasteiger partial charge is 0.0794 e. The molecule has 2 heterocycles. The van der Waals surface area contributed by atoms with Gasteiger partial charge in [-0.2, -0.15) is 5.10 Å². The number of nitrogens with zero attached hydrogens (tertiary/aromatic N) is 3. The Balaban J connectivity index is 2.12. The van der Waals surface area contributed by atoms with Crippen molar-refractivity contribution < 1.29 is 5.11 Å². The average molecular weight is 274 g/mol. The summed E-state index contributed by atoms with van der Waals surface area (Å²) in [5.74, 6) is 0. The van der Waals surface area contributed by atoms with Crippen molar-refractivity contribution in [3.8, 4) is 0 Å². The van der Waals surface area contributed by atoms with Crippen molar-refractivity contribution in [1.29, 1.82) is 0 Å². The van der Waals surface area contributed by atoms with Crippen LogP contribution in [0.2, 0.25) is 0 Å². The molecule has 1 N–H and O–H groups in total. The zero-order chi connectivity index (χ0) is 11.0. The van der Waals surface area contributed by atoms with Crippen LogP contribution in [0.4, 0.5) is 0 Å². The van der Waals surface area contributed by atoms with E-state index in [4.69, 9.17) is 0 Å². The highest BCUT2D eigenvalue weighted by molar-refractivity contribution is 9.10. The maximum atomic E-state index is 9.22. The van der Waals surface area contributed by atoms with E-state index in [1.165, 1.54) is 5.69 Å². The second-order valence-corrected chi connectivity index (χ2v) is 4.80. The predicted octanol–water partition coefficient (Wildman–Crippen LogP) is 1.15. The zero-order valence-corrected chi connectivity index (χ0v) is 10.7. The molecule has 0 atom stereocenters. The standard InChI is InChI=1S/C10H16BrN3O/c1-3-14-9(10(11)7(2)12-14)6-13-4-8(15)5-13/h8,15H,3-6H2,1-2H3. The van der Waals surface area contributed by atoms with Crippen molar-refractivity contribution in [3.05, 3.63) is 15.9 Å². The van der Waals surface area contributed by atoms with Gasteiger partial charge >= 0.3 is 0 Å². The van der Waals surface area contributed by atoms with Crippen molar-refractivity contribution in [2.45, 2.75) is 33.0 Å². The van der Waals surface area contributed by atoms with Crippen molar-refractivity contribution in [1.82, 2.24) is 14.7 Å². The van der Waals surface area contributed by atoms with Gasteiger partial charge in [-0.1, -0.05) is 0 Å². The van der Waals surface area contributed by atoms with Crippen molar-refractivity contribution in [2.24, 2.45) is 0 Å². The van der Waals surface area contributed by atoms with Crippen LogP contribution >= 0.6 is 15.9 Å². The van der Waals surface area contributed by atoms with E-state index in [2.05, 4.69) is 32.9 Å². The lowest BCUT2D eigenvalue weighted by atomic mass is 10.1. The Morgan fingerprint density at radius 1 is 1.53 bits per heavy atom. The monoisotopic (exact) mass is 273 g/mol. The number of β-amino-alcohol motifs (C(OH)–C–C–N with tert-alkyl or cyclic N) is 1. The van der Waals surface area contributed by atoms with E-state index >= 15 is 0 Å². The highest BCUT2D eigenvalue weighted by atomic mass is 79.9. The summed E-state index contributed by atoms with van der Waals surface area (Å²) in [6, 6.07) is 0. The van der Waals surface area contributed by atoms with E-state index in [1.807, 2.05) is 11.6 Å². The van der Waals surface area contributed by atoms with Crippen LogP contribution in [0.3, 0.4) is 0 Å². The molecule has 2 rings (SSSR count). The average Bonchev–Trinajstić information content (AvgIpc) is 2.43. The number of halogens is 1. The largest absolute Gasteiger partial charge is 0.390 e. The maximum Gasteiger partial charge on any atom is 0.0794 e. The lowest BCUT2D eigenvalue weighted by Crippen LogP contribution is -2.50. The molecule has 0 unspecified atom stereocenters. The first-order valence-electron chi connectivity index (χ1n) is 5.24. The molecule has 1 fully saturated rings. The van der Waals surface area contributed by atoms with Gasteiger partial charge in [-0.05, 0) is 29.8 Å². The third-order valence-corrected chi connectivity index (χ3v) is 3.80. The van der Waals surface area contributed by atoms with Gasteiger partial charge in [0, 0.05) is 26.2 Å². The molecule has 0 bridgehead atoms. The van der Waals surface area contributed by atoms with E-state index in [-0.39, 0.29) is 6.10 Å². The summed E-state index contributed by atoms with van der Waals surface area (Å²) in [6.45, 7) is 7.41. The molecular weight excluding hydrogens is 258 g/mol. The second kappa shape index (κ2) is 4.23. The minimum atomic E-state index is -0.136. The fraction of sp³-hybridized carbons (Fsp3) is 0.700. The Hall–Kier alpha value is -0.390. The van der Waals surface area contributed by atoms with Crippen LogP contribution in [0.1, 0.15) is 18.3 Å². The molecule has 0 amide bonds. The highest BCUT2D eigenvalue weighted by Crippen LogP contribution is 2.24. The van der Waals surface area contributed by atoms with Gasteiger partial charge in [0.1, 0.15) is 0 Å². The van der Waals surface area contributed by atoms with Gasteiger partial charge in [0.05, 0.1) is 22.0 Å². The van der Waals surface area contributed by atoms with Gasteiger partial charge in [0.25, 0.3) is 0 Å². The molecule has 1 aliphatic heterocycles. The first-order chi connectivity index (χ1) is 7.11. The fourth-order valence-corrected chi connectivity index (χ4v) is 2.31. The molecule has 0 aromatic carbocycles.